The van der Waals surface area contributed by atoms with Crippen molar-refractivity contribution in [1.82, 2.24) is 0 Å². The van der Waals surface area contributed by atoms with E-state index in [-0.39, 0.29) is 49.0 Å². The van der Waals surface area contributed by atoms with E-state index in [1.165, 1.54) is 10.6 Å². The van der Waals surface area contributed by atoms with Crippen LogP contribution in [0.2, 0.25) is 21.8 Å². The zero-order valence-corrected chi connectivity index (χ0v) is 17.5. The third-order valence-corrected chi connectivity index (χ3v) is 5.97. The van der Waals surface area contributed by atoms with Crippen LogP contribution < -0.4 is 0 Å². The maximum Gasteiger partial charge on any atom is 0.373 e. The van der Waals surface area contributed by atoms with Crippen LogP contribution in [0, 0.1) is 7.43 Å². The second-order valence-electron chi connectivity index (χ2n) is 1.62. The molecule has 123 valence electrons. The van der Waals surface area contributed by atoms with Crippen LogP contribution in [0.3, 0.4) is 0 Å². The Morgan fingerprint density at radius 1 is 1.05 bits per heavy atom. The molecule has 0 aromatic carbocycles. The van der Waals surface area contributed by atoms with Gasteiger partial charge in [-0.15, -0.1) is 0 Å². The second-order valence-corrected chi connectivity index (χ2v) is 6.43. The van der Waals surface area contributed by atoms with Crippen molar-refractivity contribution in [3.8, 4) is 0 Å². The van der Waals surface area contributed by atoms with E-state index in [0.717, 1.165) is 0 Å². The van der Waals surface area contributed by atoms with E-state index in [1.807, 2.05) is 0 Å². The molecule has 0 aliphatic heterocycles. The molecule has 0 amide bonds. The first-order valence-corrected chi connectivity index (χ1v) is 9.65. The van der Waals surface area contributed by atoms with Crippen LogP contribution in [0.25, 0.3) is 0 Å². The van der Waals surface area contributed by atoms with Crippen LogP contribution in [0.4, 0.5) is 0 Å². The minimum atomic E-state index is -0.623. The van der Waals surface area contributed by atoms with Crippen molar-refractivity contribution < 1.29 is 54.3 Å². The summed E-state index contributed by atoms with van der Waals surface area (Å²) < 4.78 is 0. The maximum absolute atomic E-state index is 9.99. The maximum atomic E-state index is 9.99. The summed E-state index contributed by atoms with van der Waals surface area (Å²) in [6, 6.07) is 0. The predicted molar refractivity (Wildman–Crippen MR) is 73.9 cm³/mol. The predicted octanol–water partition coefficient (Wildman–Crippen LogP) is -0.711. The van der Waals surface area contributed by atoms with Crippen molar-refractivity contribution in [2.75, 3.05) is 0 Å². The standard InChI is InChI=1S/C5H12O2Se2.CO2.3CHO.CH3.Re/c1-8-2-3-9-4-5(6)7;2-1-3;3*1-2;;/h8-9H,2-4H2,1H3,(H,6,7);;3*1H;1H3;/q;;4*-1;. The van der Waals surface area contributed by atoms with Crippen molar-refractivity contribution in [2.45, 2.75) is 21.8 Å². The van der Waals surface area contributed by atoms with Crippen molar-refractivity contribution >= 4 is 62.4 Å². The van der Waals surface area contributed by atoms with Crippen LogP contribution in [0.15, 0.2) is 0 Å². The van der Waals surface area contributed by atoms with Gasteiger partial charge in [0.15, 0.2) is 0 Å². The van der Waals surface area contributed by atoms with Crippen LogP contribution in [-0.2, 0) is 49.2 Å². The number of aliphatic carboxylic acids is 1. The fourth-order valence-corrected chi connectivity index (χ4v) is 5.52. The summed E-state index contributed by atoms with van der Waals surface area (Å²) >= 11 is 0.650. The van der Waals surface area contributed by atoms with Crippen LogP contribution in [-0.4, -0.2) is 67.5 Å². The summed E-state index contributed by atoms with van der Waals surface area (Å²) in [5.74, 6) is 1.60. The van der Waals surface area contributed by atoms with E-state index in [2.05, 4.69) is 26.2 Å². The van der Waals surface area contributed by atoms with Gasteiger partial charge >= 0.3 is 73.7 Å². The van der Waals surface area contributed by atoms with Gasteiger partial charge in [0.05, 0.1) is 0 Å². The quantitative estimate of drug-likeness (QED) is 0.193. The van der Waals surface area contributed by atoms with Gasteiger partial charge in [-0.1, -0.05) is 0 Å². The Balaban J connectivity index is -0.0000000263. The fourth-order valence-electron chi connectivity index (χ4n) is 0.345. The molecule has 7 nitrogen and oxygen atoms in total. The molecule has 0 saturated carbocycles. The molecule has 0 aliphatic rings. The van der Waals surface area contributed by atoms with Crippen molar-refractivity contribution in [1.29, 1.82) is 0 Å². The summed E-state index contributed by atoms with van der Waals surface area (Å²) in [5.41, 5.74) is 0. The first-order chi connectivity index (χ1) is 8.68. The summed E-state index contributed by atoms with van der Waals surface area (Å²) in [4.78, 5) is 49.5. The fraction of sp³-hybridized carbons (Fsp3) is 0.400. The van der Waals surface area contributed by atoms with Crippen molar-refractivity contribution in [3.63, 3.8) is 0 Å². The number of carboxylic acids is 1. The Labute approximate surface area is 145 Å². The minimum Gasteiger partial charge on any atom is -0.545 e. The largest absolute Gasteiger partial charge is 0.545 e. The Morgan fingerprint density at radius 2 is 1.35 bits per heavy atom. The number of rotatable bonds is 5. The Hall–Kier alpha value is -0.439. The molecule has 0 fully saturated rings. The first-order valence-electron chi connectivity index (χ1n) is 3.79. The van der Waals surface area contributed by atoms with E-state index in [9.17, 15) is 4.79 Å². The van der Waals surface area contributed by atoms with Crippen molar-refractivity contribution in [3.05, 3.63) is 7.43 Å². The van der Waals surface area contributed by atoms with Crippen LogP contribution in [0.1, 0.15) is 0 Å². The molecular weight excluding hydrogens is 576 g/mol. The molecule has 3 radical (unpaired) electrons. The molecule has 0 aromatic rings. The number of hydrogen-bond acceptors (Lipinski definition) is 6. The van der Waals surface area contributed by atoms with E-state index in [0.29, 0.717) is 20.3 Å². The molecule has 10 heteroatoms. The molecule has 0 spiro atoms. The summed E-state index contributed by atoms with van der Waals surface area (Å²) in [7, 11) is 0. The Kier molecular flexibility index (Phi) is 167. The van der Waals surface area contributed by atoms with Gasteiger partial charge in [-0.25, -0.2) is 0 Å². The van der Waals surface area contributed by atoms with E-state index < -0.39 is 5.97 Å². The third-order valence-electron chi connectivity index (χ3n) is 0.729. The topological polar surface area (TPSA) is 123 Å². The van der Waals surface area contributed by atoms with E-state index in [4.69, 9.17) is 29.1 Å². The van der Waals surface area contributed by atoms with Gasteiger partial charge in [0.25, 0.3) is 0 Å². The van der Waals surface area contributed by atoms with Gasteiger partial charge < -0.3 is 21.8 Å². The van der Waals surface area contributed by atoms with Gasteiger partial charge in [0.1, 0.15) is 0 Å². The molecule has 0 atom stereocenters. The molecule has 0 bridgehead atoms. The Morgan fingerprint density at radius 3 is 1.55 bits per heavy atom. The van der Waals surface area contributed by atoms with Crippen LogP contribution in [0.5, 0.6) is 0 Å². The smallest absolute Gasteiger partial charge is 0.373 e. The van der Waals surface area contributed by atoms with Crippen LogP contribution >= 0.6 is 0 Å². The summed E-state index contributed by atoms with van der Waals surface area (Å²) in [6.07, 6.45) is 0.250. The van der Waals surface area contributed by atoms with Gasteiger partial charge in [-0.3, -0.25) is 20.4 Å². The van der Waals surface area contributed by atoms with Gasteiger partial charge in [-0.05, 0) is 0 Å². The molecule has 0 rings (SSSR count). The zero-order valence-electron chi connectivity index (χ0n) is 11.0. The van der Waals surface area contributed by atoms with Gasteiger partial charge in [0, 0.05) is 20.4 Å². The third kappa shape index (κ3) is 156. The number of carboxylic acid groups (broad SMARTS) is 1. The average Bonchev–Trinajstić information content (AvgIpc) is 2.42. The molecule has 1 N–H and O–H groups in total. The normalized spacial score (nSPS) is 5.25. The number of carbonyl (C=O) groups is 1. The van der Waals surface area contributed by atoms with Crippen molar-refractivity contribution in [2.24, 2.45) is 0 Å². The number of hydrogen-bond donors (Lipinski definition) is 1. The minimum absolute atomic E-state index is 0. The molecule has 20 heavy (non-hydrogen) atoms. The monoisotopic (exact) mass is 597 g/mol. The Bertz CT molecular complexity index is 186. The average molecular weight is 594 g/mol. The molecular formula is C10H18O7ReSe2-4. The van der Waals surface area contributed by atoms with Gasteiger partial charge in [0.2, 0.25) is 0 Å². The molecule has 0 saturated heterocycles. The van der Waals surface area contributed by atoms with E-state index in [1.54, 1.807) is 0 Å². The van der Waals surface area contributed by atoms with E-state index >= 15 is 0 Å². The summed E-state index contributed by atoms with van der Waals surface area (Å²) in [5, 5.41) is 11.2. The molecule has 0 unspecified atom stereocenters. The van der Waals surface area contributed by atoms with Gasteiger partial charge in [-0.2, -0.15) is 9.59 Å². The number of carbonyl (C=O) groups excluding carboxylic acids is 5. The molecule has 0 heterocycles. The SMILES string of the molecule is C[SeH]CC[SeH]CC(=O)O.O=C=O.[CH-]=O.[CH-]=O.[CH-]=O.[CH3-].[Re]. The zero-order chi connectivity index (χ0) is 15.8. The first kappa shape index (κ1) is 42.7. The molecule has 0 aliphatic carbocycles. The molecule has 0 aromatic heterocycles. The summed E-state index contributed by atoms with van der Waals surface area (Å²) in [6.45, 7) is 9.75. The second kappa shape index (κ2) is 78.1.